The lowest BCUT2D eigenvalue weighted by atomic mass is 10.1. The Kier molecular flexibility index (Phi) is 6.73. The van der Waals surface area contributed by atoms with Gasteiger partial charge < -0.3 is 15.0 Å². The molecule has 2 heterocycles. The fourth-order valence-electron chi connectivity index (χ4n) is 2.65. The molecule has 0 spiro atoms. The molecule has 158 valence electrons. The maximum absolute atomic E-state index is 12.8. The molecule has 1 unspecified atom stereocenters. The van der Waals surface area contributed by atoms with Crippen molar-refractivity contribution in [1.29, 1.82) is 0 Å². The van der Waals surface area contributed by atoms with E-state index in [1.54, 1.807) is 36.1 Å². The van der Waals surface area contributed by atoms with Gasteiger partial charge in [-0.2, -0.15) is 13.2 Å². The van der Waals surface area contributed by atoms with Gasteiger partial charge in [0.15, 0.2) is 5.16 Å². The van der Waals surface area contributed by atoms with Gasteiger partial charge in [0.25, 0.3) is 5.91 Å². The van der Waals surface area contributed by atoms with Crippen LogP contribution in [0.25, 0.3) is 0 Å². The van der Waals surface area contributed by atoms with Crippen LogP contribution in [-0.4, -0.2) is 37.4 Å². The topological polar surface area (TPSA) is 92.9 Å². The number of rotatable bonds is 7. The fourth-order valence-corrected chi connectivity index (χ4v) is 3.72. The minimum absolute atomic E-state index is 0.0553. The van der Waals surface area contributed by atoms with E-state index in [9.17, 15) is 23.1 Å². The average molecular weight is 437 g/mol. The zero-order chi connectivity index (χ0) is 21.7. The number of carbonyl (C=O) groups is 1. The van der Waals surface area contributed by atoms with Crippen LogP contribution in [0.5, 0.6) is 0 Å². The Morgan fingerprint density at radius 2 is 2.03 bits per heavy atom. The molecule has 0 saturated carbocycles. The summed E-state index contributed by atoms with van der Waals surface area (Å²) in [6.07, 6.45) is -2.63. The largest absolute Gasteiger partial charge is 0.433 e. The maximum Gasteiger partial charge on any atom is 0.433 e. The van der Waals surface area contributed by atoms with Gasteiger partial charge in [-0.3, -0.25) is 4.79 Å². The monoisotopic (exact) mass is 437 g/mol. The highest BCUT2D eigenvalue weighted by Crippen LogP contribution is 2.37. The molecule has 0 bridgehead atoms. The zero-order valence-electron chi connectivity index (χ0n) is 15.8. The number of aliphatic hydroxyl groups is 1. The molecule has 0 aliphatic rings. The number of amides is 1. The Balaban J connectivity index is 1.79. The molecule has 1 amide bonds. The van der Waals surface area contributed by atoms with Crippen molar-refractivity contribution in [3.05, 3.63) is 65.7 Å². The number of thioether (sulfide) groups is 1. The van der Waals surface area contributed by atoms with Crippen molar-refractivity contribution in [3.63, 3.8) is 0 Å². The number of aryl methyl sites for hydroxylation is 1. The van der Waals surface area contributed by atoms with Gasteiger partial charge in [-0.1, -0.05) is 30.0 Å². The first-order valence-electron chi connectivity index (χ1n) is 8.85. The van der Waals surface area contributed by atoms with Gasteiger partial charge in [-0.05, 0) is 36.2 Å². The van der Waals surface area contributed by atoms with E-state index in [-0.39, 0.29) is 17.6 Å². The van der Waals surface area contributed by atoms with E-state index in [1.165, 1.54) is 17.8 Å². The summed E-state index contributed by atoms with van der Waals surface area (Å²) >= 11 is 1.41. The van der Waals surface area contributed by atoms with Crippen molar-refractivity contribution in [3.8, 4) is 0 Å². The molecule has 0 fully saturated rings. The van der Waals surface area contributed by atoms with Gasteiger partial charge in [0.05, 0.1) is 0 Å². The van der Waals surface area contributed by atoms with Crippen LogP contribution in [0.3, 0.4) is 0 Å². The minimum atomic E-state index is -4.63. The van der Waals surface area contributed by atoms with Crippen molar-refractivity contribution in [2.75, 3.05) is 11.9 Å². The third-order valence-electron chi connectivity index (χ3n) is 4.10. The highest BCUT2D eigenvalue weighted by Gasteiger charge is 2.33. The van der Waals surface area contributed by atoms with Crippen LogP contribution in [0.2, 0.25) is 0 Å². The van der Waals surface area contributed by atoms with E-state index in [1.807, 2.05) is 6.07 Å². The van der Waals surface area contributed by atoms with Crippen LogP contribution in [0.1, 0.15) is 33.4 Å². The van der Waals surface area contributed by atoms with E-state index in [2.05, 4.69) is 20.5 Å². The summed E-state index contributed by atoms with van der Waals surface area (Å²) in [5, 5.41) is 20.3. The van der Waals surface area contributed by atoms with Crippen LogP contribution in [0, 0.1) is 0 Å². The van der Waals surface area contributed by atoms with Crippen molar-refractivity contribution < 1.29 is 23.1 Å². The van der Waals surface area contributed by atoms with E-state index < -0.39 is 17.8 Å². The van der Waals surface area contributed by atoms with Crippen molar-refractivity contribution in [1.82, 2.24) is 19.7 Å². The molecular formula is C19H18F3N5O2S. The summed E-state index contributed by atoms with van der Waals surface area (Å²) < 4.78 is 40.2. The summed E-state index contributed by atoms with van der Waals surface area (Å²) in [5.41, 5.74) is -0.257. The first kappa shape index (κ1) is 21.8. The highest BCUT2D eigenvalue weighted by molar-refractivity contribution is 7.99. The second-order valence-electron chi connectivity index (χ2n) is 6.33. The number of pyridine rings is 1. The number of anilines is 1. The molecule has 0 radical (unpaired) electrons. The molecule has 2 aromatic heterocycles. The average Bonchev–Trinajstić information content (AvgIpc) is 3.12. The summed E-state index contributed by atoms with van der Waals surface area (Å²) in [5.74, 6) is -0.752. The second kappa shape index (κ2) is 9.26. The van der Waals surface area contributed by atoms with Crippen LogP contribution in [-0.2, 0) is 13.2 Å². The van der Waals surface area contributed by atoms with Crippen LogP contribution in [0.4, 0.5) is 18.9 Å². The molecule has 2 N–H and O–H groups in total. The first-order valence-corrected chi connectivity index (χ1v) is 9.73. The molecule has 3 rings (SSSR count). The minimum Gasteiger partial charge on any atom is -0.396 e. The molecule has 11 heteroatoms. The molecular weight excluding hydrogens is 419 g/mol. The number of alkyl halides is 3. The number of benzene rings is 1. The Hall–Kier alpha value is -2.92. The van der Waals surface area contributed by atoms with Gasteiger partial charge in [-0.25, -0.2) is 4.98 Å². The standard InChI is InChI=1S/C19H18F3N5O2S/c1-27-11-23-26-18(27)30-15(8-9-28)12-4-2-5-13(10-12)24-17(29)14-6-3-7-16(25-14)19(20,21)22/h2-7,10-11,15,28H,8-9H2,1H3,(H,24,29). The van der Waals surface area contributed by atoms with E-state index in [0.717, 1.165) is 17.7 Å². The quantitative estimate of drug-likeness (QED) is 0.548. The number of hydrogen-bond acceptors (Lipinski definition) is 6. The summed E-state index contributed by atoms with van der Waals surface area (Å²) in [6.45, 7) is -0.0553. The van der Waals surface area contributed by atoms with Crippen LogP contribution >= 0.6 is 11.8 Å². The van der Waals surface area contributed by atoms with Crippen LogP contribution in [0.15, 0.2) is 53.9 Å². The van der Waals surface area contributed by atoms with Crippen molar-refractivity contribution >= 4 is 23.4 Å². The zero-order valence-corrected chi connectivity index (χ0v) is 16.6. The number of nitrogens with one attached hydrogen (secondary N) is 1. The summed E-state index contributed by atoms with van der Waals surface area (Å²) in [4.78, 5) is 15.8. The van der Waals surface area contributed by atoms with E-state index >= 15 is 0 Å². The molecule has 0 aliphatic carbocycles. The third-order valence-corrected chi connectivity index (χ3v) is 5.47. The number of aromatic nitrogens is 4. The number of nitrogens with zero attached hydrogens (tertiary/aromatic N) is 4. The van der Waals surface area contributed by atoms with Crippen LogP contribution < -0.4 is 5.32 Å². The number of aliphatic hydroxyl groups excluding tert-OH is 1. The number of hydrogen-bond donors (Lipinski definition) is 2. The predicted molar refractivity (Wildman–Crippen MR) is 105 cm³/mol. The van der Waals surface area contributed by atoms with Gasteiger partial charge >= 0.3 is 6.18 Å². The molecule has 0 saturated heterocycles. The lowest BCUT2D eigenvalue weighted by molar-refractivity contribution is -0.141. The lowest BCUT2D eigenvalue weighted by Crippen LogP contribution is -2.17. The SMILES string of the molecule is Cn1cnnc1SC(CCO)c1cccc(NC(=O)c2cccc(C(F)(F)F)n2)c1. The third kappa shape index (κ3) is 5.36. The van der Waals surface area contributed by atoms with Gasteiger partial charge in [-0.15, -0.1) is 10.2 Å². The van der Waals surface area contributed by atoms with Crippen molar-refractivity contribution in [2.24, 2.45) is 7.05 Å². The summed E-state index contributed by atoms with van der Waals surface area (Å²) in [7, 11) is 1.80. The summed E-state index contributed by atoms with van der Waals surface area (Å²) in [6, 6.07) is 10.0. The predicted octanol–water partition coefficient (Wildman–Crippen LogP) is 3.70. The van der Waals surface area contributed by atoms with E-state index in [4.69, 9.17) is 0 Å². The fraction of sp³-hybridized carbons (Fsp3) is 0.263. The lowest BCUT2D eigenvalue weighted by Gasteiger charge is -2.16. The number of carbonyl (C=O) groups excluding carboxylic acids is 1. The smallest absolute Gasteiger partial charge is 0.396 e. The Morgan fingerprint density at radius 3 is 2.70 bits per heavy atom. The molecule has 3 aromatic rings. The molecule has 1 aromatic carbocycles. The maximum atomic E-state index is 12.8. The molecule has 1 atom stereocenters. The van der Waals surface area contributed by atoms with Gasteiger partial charge in [0.2, 0.25) is 0 Å². The van der Waals surface area contributed by atoms with E-state index in [0.29, 0.717) is 17.3 Å². The Morgan fingerprint density at radius 1 is 1.27 bits per heavy atom. The Bertz CT molecular complexity index is 1030. The molecule has 7 nitrogen and oxygen atoms in total. The first-order chi connectivity index (χ1) is 14.3. The molecule has 0 aliphatic heterocycles. The Labute approximate surface area is 174 Å². The second-order valence-corrected chi connectivity index (χ2v) is 7.50. The number of halogens is 3. The molecule has 30 heavy (non-hydrogen) atoms. The van der Waals surface area contributed by atoms with Gasteiger partial charge in [0, 0.05) is 24.6 Å². The van der Waals surface area contributed by atoms with Crippen molar-refractivity contribution in [2.45, 2.75) is 23.0 Å². The normalized spacial score (nSPS) is 12.6. The van der Waals surface area contributed by atoms with Gasteiger partial charge in [0.1, 0.15) is 17.7 Å². The highest BCUT2D eigenvalue weighted by atomic mass is 32.2.